The Bertz CT molecular complexity index is 974. The van der Waals surface area contributed by atoms with Crippen molar-refractivity contribution >= 4 is 15.9 Å². The molecule has 1 heterocycles. The highest BCUT2D eigenvalue weighted by atomic mass is 32.2. The lowest BCUT2D eigenvalue weighted by Crippen LogP contribution is -2.33. The van der Waals surface area contributed by atoms with Gasteiger partial charge in [-0.15, -0.1) is 0 Å². The highest BCUT2D eigenvalue weighted by Gasteiger charge is 2.27. The number of carbonyl (C=O) groups excluding carboxylic acids is 1. The van der Waals surface area contributed by atoms with E-state index in [2.05, 4.69) is 9.88 Å². The molecular weight excluding hydrogens is 394 g/mol. The second-order valence-electron chi connectivity index (χ2n) is 7.43. The highest BCUT2D eigenvalue weighted by Crippen LogP contribution is 2.28. The van der Waals surface area contributed by atoms with E-state index in [0.29, 0.717) is 12.3 Å². The molecule has 0 bridgehead atoms. The predicted octanol–water partition coefficient (Wildman–Crippen LogP) is 2.79. The summed E-state index contributed by atoms with van der Waals surface area (Å²) in [6.07, 6.45) is 3.66. The molecule has 1 N–H and O–H groups in total. The Morgan fingerprint density at radius 3 is 2.59 bits per heavy atom. The molecule has 8 nitrogen and oxygen atoms in total. The van der Waals surface area contributed by atoms with Crippen LogP contribution in [-0.4, -0.2) is 44.6 Å². The van der Waals surface area contributed by atoms with Gasteiger partial charge < -0.3 is 14.2 Å². The lowest BCUT2D eigenvalue weighted by Gasteiger charge is -2.19. The summed E-state index contributed by atoms with van der Waals surface area (Å²) < 4.78 is 39.0. The van der Waals surface area contributed by atoms with Crippen LogP contribution in [0.4, 0.5) is 0 Å². The maximum atomic E-state index is 12.9. The van der Waals surface area contributed by atoms with Crippen LogP contribution in [0.2, 0.25) is 0 Å². The Balaban J connectivity index is 1.86. The molecule has 1 aromatic heterocycles. The van der Waals surface area contributed by atoms with Gasteiger partial charge >= 0.3 is 0 Å². The maximum absolute atomic E-state index is 12.9. The molecular formula is C20H27N3O5S. The molecule has 0 atom stereocenters. The van der Waals surface area contributed by atoms with Gasteiger partial charge in [0, 0.05) is 24.2 Å². The zero-order valence-electron chi connectivity index (χ0n) is 17.2. The number of nitrogens with zero attached hydrogens (tertiary/aromatic N) is 2. The molecule has 1 aliphatic carbocycles. The summed E-state index contributed by atoms with van der Waals surface area (Å²) in [7, 11) is -0.734. The van der Waals surface area contributed by atoms with Gasteiger partial charge in [-0.3, -0.25) is 4.79 Å². The van der Waals surface area contributed by atoms with Gasteiger partial charge in [-0.2, -0.15) is 0 Å². The second kappa shape index (κ2) is 8.54. The minimum absolute atomic E-state index is 0.0245. The molecule has 2 aromatic rings. The number of methoxy groups -OCH3 is 1. The third-order valence-electron chi connectivity index (χ3n) is 5.30. The van der Waals surface area contributed by atoms with Crippen LogP contribution in [0.25, 0.3) is 0 Å². The van der Waals surface area contributed by atoms with Crippen LogP contribution in [0.5, 0.6) is 5.75 Å². The van der Waals surface area contributed by atoms with E-state index in [4.69, 9.17) is 9.26 Å². The normalized spacial score (nSPS) is 14.9. The monoisotopic (exact) mass is 421 g/mol. The molecule has 0 spiro atoms. The topological polar surface area (TPSA) is 102 Å². The number of hydrogen-bond acceptors (Lipinski definition) is 6. The van der Waals surface area contributed by atoms with E-state index < -0.39 is 10.0 Å². The molecule has 0 radical (unpaired) electrons. The van der Waals surface area contributed by atoms with Crippen LogP contribution in [0, 0.1) is 13.8 Å². The lowest BCUT2D eigenvalue weighted by atomic mass is 10.1. The van der Waals surface area contributed by atoms with Gasteiger partial charge in [0.05, 0.1) is 19.3 Å². The number of carbonyl (C=O) groups is 1. The quantitative estimate of drug-likeness (QED) is 0.738. The van der Waals surface area contributed by atoms with Gasteiger partial charge in [0.1, 0.15) is 16.4 Å². The van der Waals surface area contributed by atoms with Crippen LogP contribution >= 0.6 is 0 Å². The van der Waals surface area contributed by atoms with E-state index in [0.717, 1.165) is 36.9 Å². The molecule has 1 aliphatic rings. The summed E-state index contributed by atoms with van der Waals surface area (Å²) in [5.41, 5.74) is 1.83. The van der Waals surface area contributed by atoms with Gasteiger partial charge in [0.2, 0.25) is 10.0 Å². The van der Waals surface area contributed by atoms with Gasteiger partial charge in [-0.1, -0.05) is 18.0 Å². The van der Waals surface area contributed by atoms with Crippen molar-refractivity contribution < 1.29 is 22.5 Å². The zero-order chi connectivity index (χ0) is 21.2. The number of nitrogens with one attached hydrogen (secondary N) is 1. The summed E-state index contributed by atoms with van der Waals surface area (Å²) >= 11 is 0. The van der Waals surface area contributed by atoms with Gasteiger partial charge in [0.25, 0.3) is 5.91 Å². The van der Waals surface area contributed by atoms with Crippen LogP contribution in [-0.2, 0) is 16.6 Å². The number of rotatable bonds is 7. The molecule has 1 amide bonds. The van der Waals surface area contributed by atoms with Crippen LogP contribution < -0.4 is 9.46 Å². The summed E-state index contributed by atoms with van der Waals surface area (Å²) in [5.74, 6) is 0.561. The largest absolute Gasteiger partial charge is 0.495 e. The number of benzene rings is 1. The standard InChI is InChI=1S/C20H27N3O5S/c1-13-17(14(2)28-21-13)12-23(3)20(24)15-9-10-18(27-4)19(11-15)29(25,26)22-16-7-5-6-8-16/h9-11,16,22H,5-8,12H2,1-4H3. The molecule has 1 saturated carbocycles. The number of ether oxygens (including phenoxy) is 1. The number of aromatic nitrogens is 1. The Morgan fingerprint density at radius 2 is 2.00 bits per heavy atom. The van der Waals surface area contributed by atoms with Crippen LogP contribution in [0.3, 0.4) is 0 Å². The zero-order valence-corrected chi connectivity index (χ0v) is 18.0. The van der Waals surface area contributed by atoms with Crippen molar-refractivity contribution in [3.8, 4) is 5.75 Å². The van der Waals surface area contributed by atoms with Crippen molar-refractivity contribution in [2.24, 2.45) is 0 Å². The molecule has 1 aromatic carbocycles. The van der Waals surface area contributed by atoms with Gasteiger partial charge in [-0.25, -0.2) is 13.1 Å². The molecule has 0 saturated heterocycles. The van der Waals surface area contributed by atoms with Crippen molar-refractivity contribution in [2.45, 2.75) is 57.0 Å². The van der Waals surface area contributed by atoms with Crippen molar-refractivity contribution in [3.05, 3.63) is 40.8 Å². The smallest absolute Gasteiger partial charge is 0.253 e. The van der Waals surface area contributed by atoms with E-state index in [-0.39, 0.29) is 28.2 Å². The highest BCUT2D eigenvalue weighted by molar-refractivity contribution is 7.89. The Labute approximate surface area is 171 Å². The average molecular weight is 422 g/mol. The average Bonchev–Trinajstić information content (AvgIpc) is 3.31. The fourth-order valence-electron chi connectivity index (χ4n) is 3.60. The first-order valence-electron chi connectivity index (χ1n) is 9.60. The number of sulfonamides is 1. The Kier molecular flexibility index (Phi) is 6.28. The summed E-state index contributed by atoms with van der Waals surface area (Å²) in [6, 6.07) is 4.38. The van der Waals surface area contributed by atoms with Crippen LogP contribution in [0.15, 0.2) is 27.6 Å². The number of aryl methyl sites for hydroxylation is 2. The van der Waals surface area contributed by atoms with E-state index in [1.165, 1.54) is 24.1 Å². The minimum Gasteiger partial charge on any atom is -0.495 e. The molecule has 0 aliphatic heterocycles. The van der Waals surface area contributed by atoms with Crippen molar-refractivity contribution in [3.63, 3.8) is 0 Å². The SMILES string of the molecule is COc1ccc(C(=O)N(C)Cc2c(C)noc2C)cc1S(=O)(=O)NC1CCCC1. The molecule has 9 heteroatoms. The first-order valence-corrected chi connectivity index (χ1v) is 11.1. The third kappa shape index (κ3) is 4.62. The van der Waals surface area contributed by atoms with Crippen molar-refractivity contribution in [2.75, 3.05) is 14.2 Å². The predicted molar refractivity (Wildman–Crippen MR) is 107 cm³/mol. The lowest BCUT2D eigenvalue weighted by molar-refractivity contribution is 0.0784. The van der Waals surface area contributed by atoms with Crippen molar-refractivity contribution in [1.29, 1.82) is 0 Å². The fourth-order valence-corrected chi connectivity index (χ4v) is 5.10. The maximum Gasteiger partial charge on any atom is 0.253 e. The molecule has 158 valence electrons. The Morgan fingerprint density at radius 1 is 1.31 bits per heavy atom. The van der Waals surface area contributed by atoms with Gasteiger partial charge in [0.15, 0.2) is 0 Å². The van der Waals surface area contributed by atoms with E-state index in [9.17, 15) is 13.2 Å². The molecule has 1 fully saturated rings. The fraction of sp³-hybridized carbons (Fsp3) is 0.500. The molecule has 3 rings (SSSR count). The van der Waals surface area contributed by atoms with E-state index in [1.807, 2.05) is 6.92 Å². The van der Waals surface area contributed by atoms with E-state index >= 15 is 0 Å². The summed E-state index contributed by atoms with van der Waals surface area (Å²) in [4.78, 5) is 14.4. The Hall–Kier alpha value is -2.39. The minimum atomic E-state index is -3.80. The first-order chi connectivity index (χ1) is 13.7. The van der Waals surface area contributed by atoms with Crippen molar-refractivity contribution in [1.82, 2.24) is 14.8 Å². The summed E-state index contributed by atoms with van der Waals surface area (Å²) in [6.45, 7) is 3.92. The number of amides is 1. The molecule has 29 heavy (non-hydrogen) atoms. The number of hydrogen-bond donors (Lipinski definition) is 1. The second-order valence-corrected chi connectivity index (χ2v) is 9.11. The van der Waals surface area contributed by atoms with Crippen LogP contribution in [0.1, 0.15) is 53.1 Å². The molecule has 0 unspecified atom stereocenters. The van der Waals surface area contributed by atoms with Gasteiger partial charge in [-0.05, 0) is 44.9 Å². The third-order valence-corrected chi connectivity index (χ3v) is 6.84. The summed E-state index contributed by atoms with van der Waals surface area (Å²) in [5, 5.41) is 3.90. The van der Waals surface area contributed by atoms with E-state index in [1.54, 1.807) is 20.0 Å². The first kappa shape index (κ1) is 21.3.